The Labute approximate surface area is 204 Å². The topological polar surface area (TPSA) is 76.3 Å². The Kier molecular flexibility index (Phi) is 6.74. The van der Waals surface area contributed by atoms with Crippen LogP contribution in [0.25, 0.3) is 17.1 Å². The van der Waals surface area contributed by atoms with Gasteiger partial charge in [-0.05, 0) is 44.9 Å². The quantitative estimate of drug-likeness (QED) is 0.413. The minimum Gasteiger partial charge on any atom is -0.339 e. The number of hydrogen-bond acceptors (Lipinski definition) is 6. The van der Waals surface area contributed by atoms with Crippen LogP contribution in [0.15, 0.2) is 40.3 Å². The van der Waals surface area contributed by atoms with Gasteiger partial charge in [0, 0.05) is 38.4 Å². The second-order valence-electron chi connectivity index (χ2n) is 9.07. The van der Waals surface area contributed by atoms with Gasteiger partial charge in [0.1, 0.15) is 5.56 Å². The van der Waals surface area contributed by atoms with Gasteiger partial charge in [-0.15, -0.1) is 5.10 Å². The number of carbonyl (C=O) groups is 1. The van der Waals surface area contributed by atoms with Crippen molar-refractivity contribution in [3.05, 3.63) is 46.4 Å². The smallest absolute Gasteiger partial charge is 0.284 e. The van der Waals surface area contributed by atoms with E-state index >= 15 is 0 Å². The molecular formula is C25H32N6O2S. The highest BCUT2D eigenvalue weighted by Crippen LogP contribution is 2.32. The highest BCUT2D eigenvalue weighted by atomic mass is 32.2. The van der Waals surface area contributed by atoms with Crippen LogP contribution in [-0.2, 0) is 17.8 Å². The zero-order valence-electron chi connectivity index (χ0n) is 19.9. The fraction of sp³-hybridized carbons (Fsp3) is 0.520. The molecule has 34 heavy (non-hydrogen) atoms. The predicted octanol–water partition coefficient (Wildman–Crippen LogP) is 2.90. The Morgan fingerprint density at radius 2 is 1.82 bits per heavy atom. The van der Waals surface area contributed by atoms with E-state index in [1.165, 1.54) is 16.4 Å². The van der Waals surface area contributed by atoms with Crippen LogP contribution in [0.4, 0.5) is 0 Å². The number of likely N-dealkylation sites (N-methyl/N-ethyl adjacent to an activating group) is 1. The Hall–Kier alpha value is -2.65. The van der Waals surface area contributed by atoms with E-state index in [1.807, 2.05) is 42.2 Å². The van der Waals surface area contributed by atoms with Crippen LogP contribution in [0, 0.1) is 0 Å². The van der Waals surface area contributed by atoms with Crippen molar-refractivity contribution in [1.29, 1.82) is 0 Å². The maximum absolute atomic E-state index is 13.4. The lowest BCUT2D eigenvalue weighted by molar-refractivity contribution is -0.132. The summed E-state index contributed by atoms with van der Waals surface area (Å²) in [5, 5.41) is 5.15. The lowest BCUT2D eigenvalue weighted by Crippen LogP contribution is -2.50. The van der Waals surface area contributed by atoms with E-state index in [2.05, 4.69) is 21.5 Å². The number of benzene rings is 1. The fourth-order valence-corrected chi connectivity index (χ4v) is 5.97. The molecule has 1 aromatic rings. The molecule has 1 saturated heterocycles. The SMILES string of the molecule is CCN1CCN(C(=O)[C@@H](C)Sc2nc3nn(-c4ccccc4)c(=O)c-3c3n2CCCCC3)CC1. The summed E-state index contributed by atoms with van der Waals surface area (Å²) in [7, 11) is 0. The summed E-state index contributed by atoms with van der Waals surface area (Å²) in [6, 6.07) is 9.49. The second-order valence-corrected chi connectivity index (χ2v) is 10.4. The summed E-state index contributed by atoms with van der Waals surface area (Å²) in [6.45, 7) is 9.37. The van der Waals surface area contributed by atoms with E-state index in [9.17, 15) is 9.59 Å². The van der Waals surface area contributed by atoms with Gasteiger partial charge in [0.2, 0.25) is 5.91 Å². The normalized spacial score (nSPS) is 18.0. The molecule has 1 amide bonds. The summed E-state index contributed by atoms with van der Waals surface area (Å²) in [5.41, 5.74) is 2.24. The molecule has 4 heterocycles. The number of carbonyl (C=O) groups excluding carboxylic acids is 1. The van der Waals surface area contributed by atoms with Gasteiger partial charge in [-0.1, -0.05) is 43.3 Å². The third kappa shape index (κ3) is 4.38. The first kappa shape index (κ1) is 23.1. The Morgan fingerprint density at radius 3 is 2.56 bits per heavy atom. The molecule has 0 spiro atoms. The third-order valence-electron chi connectivity index (χ3n) is 6.93. The average Bonchev–Trinajstić information content (AvgIpc) is 3.03. The molecular weight excluding hydrogens is 448 g/mol. The summed E-state index contributed by atoms with van der Waals surface area (Å²) < 4.78 is 3.64. The fourth-order valence-electron chi connectivity index (χ4n) is 4.94. The minimum absolute atomic E-state index is 0.117. The molecule has 180 valence electrons. The van der Waals surface area contributed by atoms with Gasteiger partial charge >= 0.3 is 0 Å². The molecule has 9 heteroatoms. The van der Waals surface area contributed by atoms with Crippen LogP contribution in [0.5, 0.6) is 0 Å². The van der Waals surface area contributed by atoms with E-state index in [-0.39, 0.29) is 16.7 Å². The number of thioether (sulfide) groups is 1. The van der Waals surface area contributed by atoms with Gasteiger partial charge in [-0.25, -0.2) is 4.98 Å². The van der Waals surface area contributed by atoms with Crippen molar-refractivity contribution in [3.63, 3.8) is 0 Å². The number of piperazine rings is 1. The minimum atomic E-state index is -0.249. The number of amides is 1. The van der Waals surface area contributed by atoms with Gasteiger partial charge < -0.3 is 14.4 Å². The highest BCUT2D eigenvalue weighted by Gasteiger charge is 2.30. The maximum Gasteiger partial charge on any atom is 0.284 e. The highest BCUT2D eigenvalue weighted by molar-refractivity contribution is 8.00. The molecule has 0 aromatic heterocycles. The van der Waals surface area contributed by atoms with Crippen LogP contribution in [0.3, 0.4) is 0 Å². The molecule has 0 N–H and O–H groups in total. The van der Waals surface area contributed by atoms with Crippen molar-refractivity contribution in [3.8, 4) is 17.1 Å². The van der Waals surface area contributed by atoms with E-state index in [0.717, 1.165) is 81.5 Å². The second kappa shape index (κ2) is 9.92. The van der Waals surface area contributed by atoms with Gasteiger partial charge in [-0.3, -0.25) is 9.59 Å². The van der Waals surface area contributed by atoms with Crippen molar-refractivity contribution in [2.24, 2.45) is 0 Å². The molecule has 8 nitrogen and oxygen atoms in total. The van der Waals surface area contributed by atoms with Crippen molar-refractivity contribution >= 4 is 17.7 Å². The molecule has 4 aliphatic rings. The zero-order chi connectivity index (χ0) is 23.7. The van der Waals surface area contributed by atoms with Gasteiger partial charge in [0.05, 0.1) is 10.9 Å². The van der Waals surface area contributed by atoms with E-state index in [0.29, 0.717) is 11.4 Å². The molecule has 0 aliphatic carbocycles. The monoisotopic (exact) mass is 480 g/mol. The van der Waals surface area contributed by atoms with E-state index < -0.39 is 0 Å². The van der Waals surface area contributed by atoms with Gasteiger partial charge in [-0.2, -0.15) is 4.68 Å². The largest absolute Gasteiger partial charge is 0.339 e. The molecule has 1 fully saturated rings. The zero-order valence-corrected chi connectivity index (χ0v) is 20.8. The Balaban J connectivity index is 1.49. The number of rotatable bonds is 5. The van der Waals surface area contributed by atoms with Crippen molar-refractivity contribution < 1.29 is 4.79 Å². The predicted molar refractivity (Wildman–Crippen MR) is 134 cm³/mol. The van der Waals surface area contributed by atoms with E-state index in [1.54, 1.807) is 0 Å². The standard InChI is InChI=1S/C25H32N6O2S/c1-3-28-14-16-29(17-15-28)23(32)18(2)34-25-26-22-21(20-12-8-5-9-13-30(20)25)24(33)31(27-22)19-10-6-4-7-11-19/h4,6-7,10-11,18H,3,5,8-9,12-17H2,1-2H3/t18-/m1/s1. The Bertz CT molecular complexity index is 1180. The molecule has 0 bridgehead atoms. The summed E-state index contributed by atoms with van der Waals surface area (Å²) in [4.78, 5) is 35.8. The molecule has 0 unspecified atom stereocenters. The van der Waals surface area contributed by atoms with Crippen LogP contribution in [0.2, 0.25) is 0 Å². The molecule has 0 radical (unpaired) electrons. The first-order valence-corrected chi connectivity index (χ1v) is 13.2. The lowest BCUT2D eigenvalue weighted by Gasteiger charge is -2.35. The molecule has 1 atom stereocenters. The first-order valence-electron chi connectivity index (χ1n) is 12.3. The van der Waals surface area contributed by atoms with Crippen molar-refractivity contribution in [2.45, 2.75) is 56.5 Å². The van der Waals surface area contributed by atoms with Gasteiger partial charge in [0.15, 0.2) is 11.0 Å². The van der Waals surface area contributed by atoms with Crippen molar-refractivity contribution in [2.75, 3.05) is 32.7 Å². The van der Waals surface area contributed by atoms with Gasteiger partial charge in [0.25, 0.3) is 5.56 Å². The summed E-state index contributed by atoms with van der Waals surface area (Å²) in [5.74, 6) is 0.630. The number of hydrogen-bond donors (Lipinski definition) is 0. The van der Waals surface area contributed by atoms with Crippen molar-refractivity contribution in [1.82, 2.24) is 29.1 Å². The number of nitrogens with zero attached hydrogens (tertiary/aromatic N) is 6. The summed E-state index contributed by atoms with van der Waals surface area (Å²) in [6.07, 6.45) is 4.02. The van der Waals surface area contributed by atoms with Crippen LogP contribution in [0.1, 0.15) is 38.8 Å². The molecule has 0 saturated carbocycles. The average molecular weight is 481 g/mol. The number of aromatic nitrogens is 4. The molecule has 1 aromatic carbocycles. The van der Waals surface area contributed by atoms with Crippen LogP contribution >= 0.6 is 11.8 Å². The summed E-state index contributed by atoms with van der Waals surface area (Å²) >= 11 is 1.50. The number of para-hydroxylation sites is 1. The third-order valence-corrected chi connectivity index (χ3v) is 8.01. The first-order chi connectivity index (χ1) is 16.6. The van der Waals surface area contributed by atoms with Crippen LogP contribution in [-0.4, -0.2) is 73.0 Å². The number of fused-ring (bicyclic) bond motifs is 3. The molecule has 5 rings (SSSR count). The molecule has 4 aliphatic heterocycles. The van der Waals surface area contributed by atoms with E-state index in [4.69, 9.17) is 4.98 Å². The maximum atomic E-state index is 13.4. The van der Waals surface area contributed by atoms with Crippen LogP contribution < -0.4 is 5.56 Å². The lowest BCUT2D eigenvalue weighted by atomic mass is 10.1. The Morgan fingerprint density at radius 1 is 1.06 bits per heavy atom.